The molecule has 0 spiro atoms. The molecule has 0 aliphatic carbocycles. The number of amides is 1. The molecule has 5 nitrogen and oxygen atoms in total. The molecule has 1 N–H and O–H groups in total. The molecule has 1 rings (SSSR count). The highest BCUT2D eigenvalue weighted by Crippen LogP contribution is 2.26. The van der Waals surface area contributed by atoms with Crippen molar-refractivity contribution < 1.29 is 18.5 Å². The summed E-state index contributed by atoms with van der Waals surface area (Å²) < 4.78 is 25.2. The number of carbonyl (C=O) groups excluding carboxylic acids is 1. The molecule has 7 heteroatoms. The molecular weight excluding hydrogens is 198 g/mol. The molecule has 14 heavy (non-hydrogen) atoms. The summed E-state index contributed by atoms with van der Waals surface area (Å²) in [5.74, 6) is -2.60. The Morgan fingerprint density at radius 1 is 1.36 bits per heavy atom. The van der Waals surface area contributed by atoms with Crippen LogP contribution in [0.4, 0.5) is 20.2 Å². The minimum Gasteiger partial charge on any atom is -0.323 e. The number of anilines is 1. The van der Waals surface area contributed by atoms with Crippen molar-refractivity contribution in [3.63, 3.8) is 0 Å². The number of nitro benzene ring substituents is 1. The van der Waals surface area contributed by atoms with Crippen LogP contribution in [-0.4, -0.2) is 11.3 Å². The van der Waals surface area contributed by atoms with E-state index in [9.17, 15) is 23.7 Å². The molecule has 0 atom stereocenters. The number of nitrogens with zero attached hydrogens (tertiary/aromatic N) is 1. The minimum absolute atomic E-state index is 0.139. The topological polar surface area (TPSA) is 72.2 Å². The van der Waals surface area contributed by atoms with Crippen LogP contribution >= 0.6 is 0 Å². The normalized spacial score (nSPS) is 9.57. The summed E-state index contributed by atoms with van der Waals surface area (Å²) in [6, 6.07) is 0.947. The minimum atomic E-state index is -1.34. The first-order valence-corrected chi connectivity index (χ1v) is 3.40. The van der Waals surface area contributed by atoms with E-state index in [-0.39, 0.29) is 12.1 Å². The number of hydrogen-bond donors (Lipinski definition) is 1. The van der Waals surface area contributed by atoms with Crippen LogP contribution in [0.1, 0.15) is 0 Å². The van der Waals surface area contributed by atoms with Gasteiger partial charge in [0.2, 0.25) is 6.41 Å². The second-order valence-corrected chi connectivity index (χ2v) is 2.30. The predicted molar refractivity (Wildman–Crippen MR) is 42.7 cm³/mol. The van der Waals surface area contributed by atoms with Crippen LogP contribution in [0, 0.1) is 21.7 Å². The van der Waals surface area contributed by atoms with E-state index in [1.165, 1.54) is 0 Å². The first kappa shape index (κ1) is 10.0. The van der Waals surface area contributed by atoms with Crippen LogP contribution in [-0.2, 0) is 4.79 Å². The molecule has 0 bridgehead atoms. The SMILES string of the molecule is O=CNc1cc(F)c(F)cc1[N+](=O)[O-]. The number of halogens is 2. The van der Waals surface area contributed by atoms with Crippen LogP contribution in [0.3, 0.4) is 0 Å². The van der Waals surface area contributed by atoms with E-state index >= 15 is 0 Å². The van der Waals surface area contributed by atoms with Gasteiger partial charge in [-0.1, -0.05) is 0 Å². The molecule has 0 aliphatic heterocycles. The Labute approximate surface area is 76.5 Å². The van der Waals surface area contributed by atoms with Gasteiger partial charge >= 0.3 is 0 Å². The molecular formula is C7H4F2N2O3. The van der Waals surface area contributed by atoms with Crippen LogP contribution in [0.2, 0.25) is 0 Å². The lowest BCUT2D eigenvalue weighted by molar-refractivity contribution is -0.384. The van der Waals surface area contributed by atoms with E-state index in [2.05, 4.69) is 0 Å². The highest BCUT2D eigenvalue weighted by Gasteiger charge is 2.17. The summed E-state index contributed by atoms with van der Waals surface area (Å²) in [6.45, 7) is 0. The van der Waals surface area contributed by atoms with Gasteiger partial charge in [0.05, 0.1) is 11.0 Å². The van der Waals surface area contributed by atoms with E-state index < -0.39 is 22.2 Å². The lowest BCUT2D eigenvalue weighted by Crippen LogP contribution is -2.01. The Hall–Kier alpha value is -2.05. The van der Waals surface area contributed by atoms with Crippen molar-refractivity contribution in [3.05, 3.63) is 33.9 Å². The van der Waals surface area contributed by atoms with Crippen LogP contribution in [0.15, 0.2) is 12.1 Å². The van der Waals surface area contributed by atoms with Gasteiger partial charge in [0.15, 0.2) is 11.6 Å². The largest absolute Gasteiger partial charge is 0.323 e. The fourth-order valence-corrected chi connectivity index (χ4v) is 0.866. The fourth-order valence-electron chi connectivity index (χ4n) is 0.866. The zero-order chi connectivity index (χ0) is 10.7. The maximum Gasteiger partial charge on any atom is 0.295 e. The monoisotopic (exact) mass is 202 g/mol. The zero-order valence-electron chi connectivity index (χ0n) is 6.66. The molecule has 1 aromatic carbocycles. The van der Waals surface area contributed by atoms with Gasteiger partial charge in [-0.25, -0.2) is 8.78 Å². The second-order valence-electron chi connectivity index (χ2n) is 2.30. The molecule has 0 aliphatic rings. The molecule has 0 saturated heterocycles. The summed E-state index contributed by atoms with van der Waals surface area (Å²) in [7, 11) is 0. The average molecular weight is 202 g/mol. The quantitative estimate of drug-likeness (QED) is 0.458. The number of carbonyl (C=O) groups is 1. The van der Waals surface area contributed by atoms with Crippen molar-refractivity contribution in [2.45, 2.75) is 0 Å². The van der Waals surface area contributed by atoms with Gasteiger partial charge in [-0.15, -0.1) is 0 Å². The molecule has 1 aromatic rings. The van der Waals surface area contributed by atoms with Crippen molar-refractivity contribution in [3.8, 4) is 0 Å². The molecule has 0 heterocycles. The first-order chi connectivity index (χ1) is 6.56. The van der Waals surface area contributed by atoms with Gasteiger partial charge in [0.25, 0.3) is 5.69 Å². The van der Waals surface area contributed by atoms with Gasteiger partial charge in [-0.3, -0.25) is 14.9 Å². The Balaban J connectivity index is 3.30. The summed E-state index contributed by atoms with van der Waals surface area (Å²) in [4.78, 5) is 19.4. The maximum absolute atomic E-state index is 12.6. The van der Waals surface area contributed by atoms with Gasteiger partial charge in [-0.05, 0) is 0 Å². The maximum atomic E-state index is 12.6. The summed E-state index contributed by atoms with van der Waals surface area (Å²) in [5.41, 5.74) is -1.08. The van der Waals surface area contributed by atoms with Gasteiger partial charge in [0, 0.05) is 6.07 Å². The smallest absolute Gasteiger partial charge is 0.295 e. The van der Waals surface area contributed by atoms with E-state index in [1.54, 1.807) is 0 Å². The summed E-state index contributed by atoms with van der Waals surface area (Å²) in [6.07, 6.45) is 0.139. The molecule has 0 aromatic heterocycles. The van der Waals surface area contributed by atoms with Crippen molar-refractivity contribution >= 4 is 17.8 Å². The Morgan fingerprint density at radius 3 is 2.43 bits per heavy atom. The summed E-state index contributed by atoms with van der Waals surface area (Å²) in [5, 5.41) is 12.2. The van der Waals surface area contributed by atoms with Crippen molar-refractivity contribution in [2.75, 3.05) is 5.32 Å². The van der Waals surface area contributed by atoms with E-state index in [1.807, 2.05) is 5.32 Å². The highest BCUT2D eigenvalue weighted by molar-refractivity contribution is 5.77. The molecule has 0 saturated carbocycles. The van der Waals surface area contributed by atoms with Crippen LogP contribution in [0.5, 0.6) is 0 Å². The highest BCUT2D eigenvalue weighted by atomic mass is 19.2. The van der Waals surface area contributed by atoms with Gasteiger partial charge in [-0.2, -0.15) is 0 Å². The van der Waals surface area contributed by atoms with Crippen molar-refractivity contribution in [1.29, 1.82) is 0 Å². The first-order valence-electron chi connectivity index (χ1n) is 3.40. The third-order valence-electron chi connectivity index (χ3n) is 1.45. The second kappa shape index (κ2) is 3.77. The molecule has 0 unspecified atom stereocenters. The molecule has 0 radical (unpaired) electrons. The molecule has 0 fully saturated rings. The number of hydrogen-bond acceptors (Lipinski definition) is 3. The third-order valence-corrected chi connectivity index (χ3v) is 1.45. The Morgan fingerprint density at radius 2 is 1.93 bits per heavy atom. The number of nitrogens with one attached hydrogen (secondary N) is 1. The lowest BCUT2D eigenvalue weighted by atomic mass is 10.2. The number of nitro groups is 1. The lowest BCUT2D eigenvalue weighted by Gasteiger charge is -2.01. The average Bonchev–Trinajstić information content (AvgIpc) is 2.11. The van der Waals surface area contributed by atoms with E-state index in [4.69, 9.17) is 0 Å². The van der Waals surface area contributed by atoms with Crippen LogP contribution in [0.25, 0.3) is 0 Å². The molecule has 74 valence electrons. The predicted octanol–water partition coefficient (Wildman–Crippen LogP) is 1.44. The zero-order valence-corrected chi connectivity index (χ0v) is 6.66. The number of rotatable bonds is 3. The van der Waals surface area contributed by atoms with Crippen molar-refractivity contribution in [1.82, 2.24) is 0 Å². The van der Waals surface area contributed by atoms with Gasteiger partial charge in [0.1, 0.15) is 5.69 Å². The van der Waals surface area contributed by atoms with E-state index in [0.29, 0.717) is 12.1 Å². The van der Waals surface area contributed by atoms with E-state index in [0.717, 1.165) is 0 Å². The summed E-state index contributed by atoms with van der Waals surface area (Å²) >= 11 is 0. The van der Waals surface area contributed by atoms with Gasteiger partial charge < -0.3 is 5.32 Å². The molecule has 1 amide bonds. The third kappa shape index (κ3) is 1.82. The standard InChI is InChI=1S/C7H4F2N2O3/c8-4-1-6(10-3-12)7(11(13)14)2-5(4)9/h1-3H,(H,10,12). The Kier molecular flexibility index (Phi) is 2.70. The van der Waals surface area contributed by atoms with Crippen LogP contribution < -0.4 is 5.32 Å². The Bertz CT molecular complexity index is 395. The number of benzene rings is 1. The fraction of sp³-hybridized carbons (Fsp3) is 0. The van der Waals surface area contributed by atoms with Crippen molar-refractivity contribution in [2.24, 2.45) is 0 Å².